The van der Waals surface area contributed by atoms with E-state index in [4.69, 9.17) is 46.4 Å². The zero-order chi connectivity index (χ0) is 21.2. The Bertz CT molecular complexity index is 1340. The van der Waals surface area contributed by atoms with Crippen LogP contribution in [0, 0.1) is 0 Å². The maximum Gasteiger partial charge on any atom is 0.199 e. The summed E-state index contributed by atoms with van der Waals surface area (Å²) in [6, 6.07) is 9.77. The predicted octanol–water partition coefficient (Wildman–Crippen LogP) is 7.50. The maximum absolute atomic E-state index is 12.9. The number of ketones is 2. The average Bonchev–Trinajstić information content (AvgIpc) is 3.38. The van der Waals surface area contributed by atoms with Gasteiger partial charge in [0, 0.05) is 5.56 Å². The van der Waals surface area contributed by atoms with Crippen molar-refractivity contribution in [1.82, 2.24) is 9.97 Å². The Morgan fingerprint density at radius 3 is 1.87 bits per heavy atom. The standard InChI is InChI=1S/C20H6Cl4N2O2S2/c21-12-10-11(13(22)15(24)14(12)23)17(28)8(16(10)27)6-9-25-19-20(29-9)26-18(30-19)7-4-2-1-3-5-7/h1-6H. The normalized spacial score (nSPS) is 13.4. The van der Waals surface area contributed by atoms with Crippen molar-refractivity contribution in [2.45, 2.75) is 0 Å². The number of carbonyl (C=O) groups is 2. The fourth-order valence-corrected chi connectivity index (χ4v) is 6.13. The number of aromatic nitrogens is 2. The number of nitrogens with zero attached hydrogens (tertiary/aromatic N) is 2. The molecule has 10 heteroatoms. The highest BCUT2D eigenvalue weighted by Gasteiger charge is 2.39. The Hall–Kier alpha value is -1.80. The number of carbonyl (C=O) groups excluding carboxylic acids is 2. The topological polar surface area (TPSA) is 59.9 Å². The molecule has 0 saturated heterocycles. The summed E-state index contributed by atoms with van der Waals surface area (Å²) in [6.07, 6.45) is 1.43. The first kappa shape index (κ1) is 20.1. The summed E-state index contributed by atoms with van der Waals surface area (Å²) in [5.41, 5.74) is 0.851. The van der Waals surface area contributed by atoms with Crippen LogP contribution in [-0.2, 0) is 0 Å². The van der Waals surface area contributed by atoms with Crippen molar-refractivity contribution in [2.24, 2.45) is 0 Å². The van der Waals surface area contributed by atoms with Crippen molar-refractivity contribution >= 4 is 96.4 Å². The molecule has 0 spiro atoms. The van der Waals surface area contributed by atoms with Crippen LogP contribution in [0.25, 0.3) is 26.3 Å². The summed E-state index contributed by atoms with van der Waals surface area (Å²) in [6.45, 7) is 0. The lowest BCUT2D eigenvalue weighted by molar-refractivity contribution is 0.0990. The second-order valence-corrected chi connectivity index (χ2v) is 9.77. The molecule has 30 heavy (non-hydrogen) atoms. The van der Waals surface area contributed by atoms with Crippen molar-refractivity contribution in [1.29, 1.82) is 0 Å². The molecule has 2 aromatic heterocycles. The minimum Gasteiger partial charge on any atom is -0.288 e. The van der Waals surface area contributed by atoms with E-state index in [-0.39, 0.29) is 36.8 Å². The molecule has 0 radical (unpaired) electrons. The van der Waals surface area contributed by atoms with Crippen LogP contribution < -0.4 is 0 Å². The molecule has 0 bridgehead atoms. The van der Waals surface area contributed by atoms with Crippen molar-refractivity contribution in [3.8, 4) is 10.6 Å². The van der Waals surface area contributed by atoms with Crippen LogP contribution in [0.5, 0.6) is 0 Å². The zero-order valence-corrected chi connectivity index (χ0v) is 19.2. The lowest BCUT2D eigenvalue weighted by Gasteiger charge is -2.07. The summed E-state index contributed by atoms with van der Waals surface area (Å²) in [5.74, 6) is -1.12. The van der Waals surface area contributed by atoms with Crippen molar-refractivity contribution < 1.29 is 9.59 Å². The first-order chi connectivity index (χ1) is 14.4. The van der Waals surface area contributed by atoms with Crippen LogP contribution in [0.2, 0.25) is 20.1 Å². The van der Waals surface area contributed by atoms with Gasteiger partial charge in [0.15, 0.2) is 21.2 Å². The molecule has 0 aliphatic heterocycles. The fraction of sp³-hybridized carbons (Fsp3) is 0. The highest BCUT2D eigenvalue weighted by molar-refractivity contribution is 7.28. The van der Waals surface area contributed by atoms with E-state index < -0.39 is 11.6 Å². The molecule has 4 aromatic rings. The second kappa shape index (κ2) is 7.41. The molecular weight excluding hydrogens is 506 g/mol. The van der Waals surface area contributed by atoms with Crippen LogP contribution >= 0.6 is 69.1 Å². The molecule has 1 aliphatic rings. The van der Waals surface area contributed by atoms with Gasteiger partial charge in [-0.05, 0) is 6.08 Å². The third kappa shape index (κ3) is 3.02. The number of rotatable bonds is 2. The van der Waals surface area contributed by atoms with Crippen LogP contribution in [-0.4, -0.2) is 21.5 Å². The second-order valence-electron chi connectivity index (χ2n) is 6.27. The SMILES string of the molecule is O=C1C(=Cc2nc3sc(-c4ccccc4)nc3s2)C(=O)c2c(Cl)c(Cl)c(Cl)c(Cl)c21. The smallest absolute Gasteiger partial charge is 0.199 e. The van der Waals surface area contributed by atoms with Crippen LogP contribution in [0.15, 0.2) is 35.9 Å². The van der Waals surface area contributed by atoms with Gasteiger partial charge in [-0.15, -0.1) is 0 Å². The van der Waals surface area contributed by atoms with Gasteiger partial charge in [-0.2, -0.15) is 0 Å². The largest absolute Gasteiger partial charge is 0.288 e. The molecule has 5 rings (SSSR count). The number of fused-ring (bicyclic) bond motifs is 2. The van der Waals surface area contributed by atoms with E-state index >= 15 is 0 Å². The molecule has 0 atom stereocenters. The molecule has 0 unspecified atom stereocenters. The lowest BCUT2D eigenvalue weighted by Crippen LogP contribution is -2.00. The number of Topliss-reactive ketones (excluding diaryl/α,β-unsaturated/α-hetero) is 2. The number of benzene rings is 2. The Labute approximate surface area is 197 Å². The van der Waals surface area contributed by atoms with Crippen LogP contribution in [0.4, 0.5) is 0 Å². The summed E-state index contributed by atoms with van der Waals surface area (Å²) in [4.78, 5) is 36.3. The molecular formula is C20H6Cl4N2O2S2. The molecule has 148 valence electrons. The van der Waals surface area contributed by atoms with Crippen LogP contribution in [0.1, 0.15) is 25.7 Å². The average molecular weight is 512 g/mol. The van der Waals surface area contributed by atoms with Crippen molar-refractivity contribution in [3.05, 3.63) is 72.1 Å². The Kier molecular flexibility index (Phi) is 4.97. The number of hydrogen-bond acceptors (Lipinski definition) is 6. The highest BCUT2D eigenvalue weighted by atomic mass is 35.5. The number of halogens is 4. The van der Waals surface area contributed by atoms with E-state index in [9.17, 15) is 9.59 Å². The molecule has 0 N–H and O–H groups in total. The number of hydrogen-bond donors (Lipinski definition) is 0. The van der Waals surface area contributed by atoms with E-state index in [2.05, 4.69) is 9.97 Å². The Morgan fingerprint density at radius 1 is 0.733 bits per heavy atom. The van der Waals surface area contributed by atoms with Gasteiger partial charge in [0.05, 0.1) is 36.8 Å². The minimum atomic E-state index is -0.558. The highest BCUT2D eigenvalue weighted by Crippen LogP contribution is 2.46. The van der Waals surface area contributed by atoms with Gasteiger partial charge in [0.2, 0.25) is 0 Å². The minimum absolute atomic E-state index is 0.0322. The summed E-state index contributed by atoms with van der Waals surface area (Å²) in [7, 11) is 0. The van der Waals surface area contributed by atoms with Gasteiger partial charge >= 0.3 is 0 Å². The molecule has 4 nitrogen and oxygen atoms in total. The van der Waals surface area contributed by atoms with E-state index in [1.165, 1.54) is 28.7 Å². The maximum atomic E-state index is 12.9. The van der Waals surface area contributed by atoms with Gasteiger partial charge in [0.25, 0.3) is 0 Å². The molecule has 1 aliphatic carbocycles. The van der Waals surface area contributed by atoms with E-state index in [0.717, 1.165) is 20.2 Å². The Balaban J connectivity index is 1.57. The Morgan fingerprint density at radius 2 is 1.30 bits per heavy atom. The van der Waals surface area contributed by atoms with Gasteiger partial charge in [0.1, 0.15) is 10.0 Å². The quantitative estimate of drug-likeness (QED) is 0.121. The number of allylic oxidation sites excluding steroid dienone is 1. The van der Waals surface area contributed by atoms with Gasteiger partial charge in [-0.1, -0.05) is 99.4 Å². The molecule has 2 aromatic carbocycles. The van der Waals surface area contributed by atoms with Crippen molar-refractivity contribution in [3.63, 3.8) is 0 Å². The van der Waals surface area contributed by atoms with E-state index in [0.29, 0.717) is 5.01 Å². The van der Waals surface area contributed by atoms with E-state index in [1.54, 1.807) is 0 Å². The van der Waals surface area contributed by atoms with E-state index in [1.807, 2.05) is 30.3 Å². The summed E-state index contributed by atoms with van der Waals surface area (Å²) < 4.78 is 0. The fourth-order valence-electron chi connectivity index (χ4n) is 3.11. The first-order valence-electron chi connectivity index (χ1n) is 8.36. The molecule has 2 heterocycles. The predicted molar refractivity (Wildman–Crippen MR) is 124 cm³/mol. The first-order valence-corrected chi connectivity index (χ1v) is 11.5. The zero-order valence-electron chi connectivity index (χ0n) is 14.5. The summed E-state index contributed by atoms with van der Waals surface area (Å²) >= 11 is 27.2. The summed E-state index contributed by atoms with van der Waals surface area (Å²) in [5, 5.41) is 1.05. The van der Waals surface area contributed by atoms with Gasteiger partial charge in [-0.3, -0.25) is 9.59 Å². The number of thiazole rings is 2. The third-order valence-corrected chi connectivity index (χ3v) is 8.32. The van der Waals surface area contributed by atoms with Gasteiger partial charge < -0.3 is 0 Å². The third-order valence-electron chi connectivity index (χ3n) is 4.49. The molecule has 0 saturated carbocycles. The lowest BCUT2D eigenvalue weighted by atomic mass is 10.1. The molecule has 0 amide bonds. The van der Waals surface area contributed by atoms with Gasteiger partial charge in [-0.25, -0.2) is 9.97 Å². The van der Waals surface area contributed by atoms with Crippen LogP contribution in [0.3, 0.4) is 0 Å². The van der Waals surface area contributed by atoms with Crippen molar-refractivity contribution in [2.75, 3.05) is 0 Å². The monoisotopic (exact) mass is 510 g/mol. The molecule has 0 fully saturated rings.